The van der Waals surface area contributed by atoms with Crippen LogP contribution in [0, 0.1) is 11.6 Å². The van der Waals surface area contributed by atoms with E-state index in [1.54, 1.807) is 0 Å². The molecule has 4 heteroatoms. The number of hydrogen-bond donors (Lipinski definition) is 2. The Balaban J connectivity index is 2.80. The number of aliphatic hydroxyl groups is 1. The summed E-state index contributed by atoms with van der Waals surface area (Å²) in [6, 6.07) is 3.60. The second-order valence-electron chi connectivity index (χ2n) is 5.80. The molecule has 0 saturated carbocycles. The molecule has 0 fully saturated rings. The Morgan fingerprint density at radius 2 is 1.61 bits per heavy atom. The maximum atomic E-state index is 13.6. The van der Waals surface area contributed by atoms with Crippen LogP contribution in [0.4, 0.5) is 8.78 Å². The van der Waals surface area contributed by atoms with Crippen LogP contribution in [-0.2, 0) is 5.60 Å². The fourth-order valence-electron chi connectivity index (χ4n) is 1.82. The molecule has 2 N–H and O–H groups in total. The minimum Gasteiger partial charge on any atom is -0.385 e. The van der Waals surface area contributed by atoms with Crippen LogP contribution in [0.1, 0.15) is 39.7 Å². The van der Waals surface area contributed by atoms with Crippen molar-refractivity contribution in [2.75, 3.05) is 6.54 Å². The molecule has 0 aromatic heterocycles. The molecule has 0 aliphatic rings. The van der Waals surface area contributed by atoms with E-state index < -0.39 is 17.2 Å². The summed E-state index contributed by atoms with van der Waals surface area (Å²) in [5, 5.41) is 13.4. The van der Waals surface area contributed by atoms with E-state index in [9.17, 15) is 13.9 Å². The first-order valence-electron chi connectivity index (χ1n) is 6.05. The van der Waals surface area contributed by atoms with Crippen molar-refractivity contribution >= 4 is 0 Å². The maximum absolute atomic E-state index is 13.6. The summed E-state index contributed by atoms with van der Waals surface area (Å²) < 4.78 is 27.2. The molecular weight excluding hydrogens is 236 g/mol. The first-order chi connectivity index (χ1) is 8.13. The molecule has 0 saturated heterocycles. The van der Waals surface area contributed by atoms with Gasteiger partial charge in [0.05, 0.1) is 11.2 Å². The van der Waals surface area contributed by atoms with E-state index in [0.717, 1.165) is 12.1 Å². The number of benzene rings is 1. The highest BCUT2D eigenvalue weighted by atomic mass is 19.1. The molecule has 0 heterocycles. The van der Waals surface area contributed by atoms with E-state index in [1.165, 1.54) is 13.0 Å². The van der Waals surface area contributed by atoms with E-state index in [1.807, 2.05) is 20.8 Å². The molecular formula is C14H21F2NO. The van der Waals surface area contributed by atoms with Crippen LogP contribution >= 0.6 is 0 Å². The van der Waals surface area contributed by atoms with Crippen LogP contribution < -0.4 is 5.32 Å². The van der Waals surface area contributed by atoms with E-state index in [0.29, 0.717) is 6.54 Å². The monoisotopic (exact) mass is 257 g/mol. The number of nitrogens with one attached hydrogen (secondary N) is 1. The van der Waals surface area contributed by atoms with E-state index in [-0.39, 0.29) is 17.5 Å². The third kappa shape index (κ3) is 4.03. The topological polar surface area (TPSA) is 32.3 Å². The summed E-state index contributed by atoms with van der Waals surface area (Å²) >= 11 is 0. The number of halogens is 2. The van der Waals surface area contributed by atoms with Gasteiger partial charge in [-0.3, -0.25) is 0 Å². The quantitative estimate of drug-likeness (QED) is 0.869. The van der Waals surface area contributed by atoms with Gasteiger partial charge in [0.2, 0.25) is 0 Å². The van der Waals surface area contributed by atoms with Gasteiger partial charge < -0.3 is 10.4 Å². The average molecular weight is 257 g/mol. The minimum atomic E-state index is -1.52. The standard InChI is InChI=1S/C14H21F2NO/c1-13(2,3)17-9-8-14(4,18)12-10(15)6-5-7-11(12)16/h5-7,17-18H,8-9H2,1-4H3. The Labute approximate surface area is 107 Å². The third-order valence-electron chi connectivity index (χ3n) is 2.77. The minimum absolute atomic E-state index is 0.0934. The van der Waals surface area contributed by atoms with Gasteiger partial charge in [0.1, 0.15) is 11.6 Å². The van der Waals surface area contributed by atoms with Crippen molar-refractivity contribution < 1.29 is 13.9 Å². The van der Waals surface area contributed by atoms with Crippen LogP contribution in [0.2, 0.25) is 0 Å². The second kappa shape index (κ2) is 5.33. The van der Waals surface area contributed by atoms with E-state index >= 15 is 0 Å². The van der Waals surface area contributed by atoms with Gasteiger partial charge in [-0.05, 0) is 52.8 Å². The third-order valence-corrected chi connectivity index (χ3v) is 2.77. The molecule has 1 rings (SSSR count). The largest absolute Gasteiger partial charge is 0.385 e. The van der Waals surface area contributed by atoms with Gasteiger partial charge in [-0.2, -0.15) is 0 Å². The predicted octanol–water partition coefficient (Wildman–Crippen LogP) is 2.95. The van der Waals surface area contributed by atoms with Gasteiger partial charge in [0, 0.05) is 5.54 Å². The maximum Gasteiger partial charge on any atom is 0.132 e. The number of hydrogen-bond acceptors (Lipinski definition) is 2. The highest BCUT2D eigenvalue weighted by Gasteiger charge is 2.29. The van der Waals surface area contributed by atoms with Crippen molar-refractivity contribution in [2.45, 2.75) is 45.3 Å². The van der Waals surface area contributed by atoms with Crippen LogP contribution in [0.5, 0.6) is 0 Å². The van der Waals surface area contributed by atoms with Crippen molar-refractivity contribution in [1.82, 2.24) is 5.32 Å². The number of rotatable bonds is 4. The molecule has 1 aromatic rings. The first-order valence-corrected chi connectivity index (χ1v) is 6.05. The molecule has 0 spiro atoms. The van der Waals surface area contributed by atoms with Crippen molar-refractivity contribution in [3.05, 3.63) is 35.4 Å². The SMILES string of the molecule is CC(C)(C)NCCC(C)(O)c1c(F)cccc1F. The summed E-state index contributed by atoms with van der Waals surface area (Å²) in [5.41, 5.74) is -1.88. The van der Waals surface area contributed by atoms with Crippen molar-refractivity contribution in [3.63, 3.8) is 0 Å². The van der Waals surface area contributed by atoms with Gasteiger partial charge in [-0.1, -0.05) is 6.07 Å². The lowest BCUT2D eigenvalue weighted by Crippen LogP contribution is -2.39. The Morgan fingerprint density at radius 3 is 2.06 bits per heavy atom. The van der Waals surface area contributed by atoms with Gasteiger partial charge in [0.25, 0.3) is 0 Å². The van der Waals surface area contributed by atoms with Crippen molar-refractivity contribution in [2.24, 2.45) is 0 Å². The lowest BCUT2D eigenvalue weighted by Gasteiger charge is -2.27. The van der Waals surface area contributed by atoms with Crippen LogP contribution in [0.15, 0.2) is 18.2 Å². The summed E-state index contributed by atoms with van der Waals surface area (Å²) in [4.78, 5) is 0. The van der Waals surface area contributed by atoms with Crippen LogP contribution in [0.3, 0.4) is 0 Å². The molecule has 0 bridgehead atoms. The highest BCUT2D eigenvalue weighted by molar-refractivity contribution is 5.25. The van der Waals surface area contributed by atoms with Gasteiger partial charge in [0.15, 0.2) is 0 Å². The molecule has 1 aromatic carbocycles. The summed E-state index contributed by atoms with van der Waals surface area (Å²) in [5.74, 6) is -1.42. The predicted molar refractivity (Wildman–Crippen MR) is 68.3 cm³/mol. The molecule has 1 atom stereocenters. The van der Waals surface area contributed by atoms with Crippen LogP contribution in [0.25, 0.3) is 0 Å². The highest BCUT2D eigenvalue weighted by Crippen LogP contribution is 2.29. The zero-order chi connectivity index (χ0) is 14.0. The summed E-state index contributed by atoms with van der Waals surface area (Å²) in [7, 11) is 0. The molecule has 1 unspecified atom stereocenters. The Morgan fingerprint density at radius 1 is 1.11 bits per heavy atom. The molecule has 0 radical (unpaired) electrons. The van der Waals surface area contributed by atoms with Crippen molar-refractivity contribution in [1.29, 1.82) is 0 Å². The van der Waals surface area contributed by atoms with Gasteiger partial charge in [-0.15, -0.1) is 0 Å². The Kier molecular flexibility index (Phi) is 4.46. The summed E-state index contributed by atoms with van der Waals surface area (Å²) in [6.45, 7) is 7.88. The van der Waals surface area contributed by atoms with Gasteiger partial charge in [-0.25, -0.2) is 8.78 Å². The second-order valence-corrected chi connectivity index (χ2v) is 5.80. The lowest BCUT2D eigenvalue weighted by atomic mass is 9.91. The summed E-state index contributed by atoms with van der Waals surface area (Å²) in [6.07, 6.45) is 0.238. The Hall–Kier alpha value is -1.00. The fraction of sp³-hybridized carbons (Fsp3) is 0.571. The molecule has 18 heavy (non-hydrogen) atoms. The molecule has 0 amide bonds. The van der Waals surface area contributed by atoms with Gasteiger partial charge >= 0.3 is 0 Å². The van der Waals surface area contributed by atoms with Crippen LogP contribution in [-0.4, -0.2) is 17.2 Å². The normalized spacial score (nSPS) is 15.5. The molecule has 102 valence electrons. The Bertz CT molecular complexity index is 390. The molecule has 0 aliphatic carbocycles. The lowest BCUT2D eigenvalue weighted by molar-refractivity contribution is 0.0389. The van der Waals surface area contributed by atoms with E-state index in [2.05, 4.69) is 5.32 Å². The molecule has 0 aliphatic heterocycles. The molecule has 2 nitrogen and oxygen atoms in total. The smallest absolute Gasteiger partial charge is 0.132 e. The zero-order valence-corrected chi connectivity index (χ0v) is 11.3. The fourth-order valence-corrected chi connectivity index (χ4v) is 1.82. The first kappa shape index (κ1) is 15.1. The van der Waals surface area contributed by atoms with E-state index in [4.69, 9.17) is 0 Å². The zero-order valence-electron chi connectivity index (χ0n) is 11.3. The van der Waals surface area contributed by atoms with Crippen molar-refractivity contribution in [3.8, 4) is 0 Å². The average Bonchev–Trinajstić information content (AvgIpc) is 2.13.